The Morgan fingerprint density at radius 1 is 1.45 bits per heavy atom. The predicted octanol–water partition coefficient (Wildman–Crippen LogP) is 2.33. The molecule has 1 fully saturated rings. The van der Waals surface area contributed by atoms with E-state index in [1.165, 1.54) is 0 Å². The molecule has 1 atom stereocenters. The van der Waals surface area contributed by atoms with E-state index in [0.29, 0.717) is 19.8 Å². The summed E-state index contributed by atoms with van der Waals surface area (Å²) in [5.74, 6) is 0. The molecule has 1 aromatic heterocycles. The number of aromatic nitrogens is 2. The molecule has 2 heterocycles. The number of morpholine rings is 1. The van der Waals surface area contributed by atoms with Crippen LogP contribution in [0.1, 0.15) is 43.8 Å². The molecule has 20 heavy (non-hydrogen) atoms. The molecule has 1 N–H and O–H groups in total. The monoisotopic (exact) mass is 281 g/mol. The number of amides is 1. The van der Waals surface area contributed by atoms with E-state index in [4.69, 9.17) is 9.47 Å². The van der Waals surface area contributed by atoms with Crippen molar-refractivity contribution in [2.45, 2.75) is 46.3 Å². The fourth-order valence-corrected chi connectivity index (χ4v) is 2.43. The van der Waals surface area contributed by atoms with E-state index in [9.17, 15) is 4.79 Å². The Morgan fingerprint density at radius 3 is 2.70 bits per heavy atom. The third-order valence-corrected chi connectivity index (χ3v) is 3.27. The van der Waals surface area contributed by atoms with Gasteiger partial charge < -0.3 is 9.47 Å². The second kappa shape index (κ2) is 5.44. The van der Waals surface area contributed by atoms with Crippen LogP contribution >= 0.6 is 0 Å². The molecule has 0 saturated carbocycles. The molecular weight excluding hydrogens is 258 g/mol. The Kier molecular flexibility index (Phi) is 4.04. The SMILES string of the molecule is Cc1n[nH]c(C)c1[C@H]1COCCN1C(=O)OC(C)(C)C. The van der Waals surface area contributed by atoms with Gasteiger partial charge in [0.2, 0.25) is 0 Å². The largest absolute Gasteiger partial charge is 0.444 e. The Morgan fingerprint density at radius 2 is 2.15 bits per heavy atom. The third kappa shape index (κ3) is 3.12. The lowest BCUT2D eigenvalue weighted by atomic mass is 10.0. The first-order chi connectivity index (χ1) is 9.29. The minimum Gasteiger partial charge on any atom is -0.444 e. The van der Waals surface area contributed by atoms with Crippen LogP contribution in [0.4, 0.5) is 4.79 Å². The molecule has 0 radical (unpaired) electrons. The molecule has 1 aliphatic rings. The van der Waals surface area contributed by atoms with Crippen molar-refractivity contribution < 1.29 is 14.3 Å². The van der Waals surface area contributed by atoms with E-state index in [1.54, 1.807) is 4.90 Å². The lowest BCUT2D eigenvalue weighted by Gasteiger charge is -2.36. The molecule has 1 aliphatic heterocycles. The zero-order valence-corrected chi connectivity index (χ0v) is 12.8. The van der Waals surface area contributed by atoms with Crippen LogP contribution in [0.25, 0.3) is 0 Å². The van der Waals surface area contributed by atoms with Crippen LogP contribution in [0.3, 0.4) is 0 Å². The molecule has 1 saturated heterocycles. The molecule has 6 heteroatoms. The maximum Gasteiger partial charge on any atom is 0.410 e. The van der Waals surface area contributed by atoms with Gasteiger partial charge in [-0.1, -0.05) is 0 Å². The van der Waals surface area contributed by atoms with Gasteiger partial charge in [-0.2, -0.15) is 5.10 Å². The van der Waals surface area contributed by atoms with Crippen molar-refractivity contribution in [2.75, 3.05) is 19.8 Å². The quantitative estimate of drug-likeness (QED) is 0.858. The first-order valence-electron chi connectivity index (χ1n) is 6.88. The Labute approximate surface area is 119 Å². The molecule has 6 nitrogen and oxygen atoms in total. The number of hydrogen-bond acceptors (Lipinski definition) is 4. The highest BCUT2D eigenvalue weighted by Crippen LogP contribution is 2.29. The van der Waals surface area contributed by atoms with Gasteiger partial charge >= 0.3 is 6.09 Å². The highest BCUT2D eigenvalue weighted by Gasteiger charge is 2.34. The van der Waals surface area contributed by atoms with Crippen LogP contribution in [-0.4, -0.2) is 46.6 Å². The molecule has 1 aromatic rings. The second-order valence-corrected chi connectivity index (χ2v) is 6.11. The Bertz CT molecular complexity index is 471. The lowest BCUT2D eigenvalue weighted by molar-refractivity contribution is -0.0333. The summed E-state index contributed by atoms with van der Waals surface area (Å²) in [5, 5.41) is 7.16. The van der Waals surface area contributed by atoms with Crippen LogP contribution < -0.4 is 0 Å². The summed E-state index contributed by atoms with van der Waals surface area (Å²) in [6, 6.07) is -0.141. The van der Waals surface area contributed by atoms with Gasteiger partial charge in [-0.3, -0.25) is 10.00 Å². The van der Waals surface area contributed by atoms with Crippen LogP contribution in [0.2, 0.25) is 0 Å². The van der Waals surface area contributed by atoms with Gasteiger partial charge in [0.25, 0.3) is 0 Å². The third-order valence-electron chi connectivity index (χ3n) is 3.27. The van der Waals surface area contributed by atoms with Crippen LogP contribution in [-0.2, 0) is 9.47 Å². The van der Waals surface area contributed by atoms with Gasteiger partial charge in [-0.15, -0.1) is 0 Å². The van der Waals surface area contributed by atoms with E-state index < -0.39 is 5.60 Å². The number of nitrogens with zero attached hydrogens (tertiary/aromatic N) is 2. The lowest BCUT2D eigenvalue weighted by Crippen LogP contribution is -2.46. The number of H-pyrrole nitrogens is 1. The predicted molar refractivity (Wildman–Crippen MR) is 74.6 cm³/mol. The fourth-order valence-electron chi connectivity index (χ4n) is 2.43. The smallest absolute Gasteiger partial charge is 0.410 e. The topological polar surface area (TPSA) is 67.5 Å². The summed E-state index contributed by atoms with van der Waals surface area (Å²) >= 11 is 0. The molecule has 2 rings (SSSR count). The summed E-state index contributed by atoms with van der Waals surface area (Å²) < 4.78 is 11.0. The first kappa shape index (κ1) is 14.8. The zero-order valence-electron chi connectivity index (χ0n) is 12.8. The number of carbonyl (C=O) groups excluding carboxylic acids is 1. The van der Waals surface area contributed by atoms with Gasteiger partial charge in [-0.25, -0.2) is 4.79 Å². The summed E-state index contributed by atoms with van der Waals surface area (Å²) in [6.07, 6.45) is -0.300. The van der Waals surface area contributed by atoms with Crippen molar-refractivity contribution in [1.29, 1.82) is 0 Å². The minimum atomic E-state index is -0.500. The number of hydrogen-bond donors (Lipinski definition) is 1. The normalized spacial score (nSPS) is 20.1. The highest BCUT2D eigenvalue weighted by atomic mass is 16.6. The van der Waals surface area contributed by atoms with Crippen molar-refractivity contribution in [3.05, 3.63) is 17.0 Å². The molecule has 0 unspecified atom stereocenters. The van der Waals surface area contributed by atoms with Crippen LogP contribution in [0.15, 0.2) is 0 Å². The number of ether oxygens (including phenoxy) is 2. The van der Waals surface area contributed by atoms with E-state index in [2.05, 4.69) is 10.2 Å². The van der Waals surface area contributed by atoms with Crippen LogP contribution in [0, 0.1) is 13.8 Å². The van der Waals surface area contributed by atoms with Crippen molar-refractivity contribution in [2.24, 2.45) is 0 Å². The number of aryl methyl sites for hydroxylation is 2. The molecule has 112 valence electrons. The van der Waals surface area contributed by atoms with Crippen molar-refractivity contribution in [3.63, 3.8) is 0 Å². The van der Waals surface area contributed by atoms with E-state index in [-0.39, 0.29) is 12.1 Å². The molecule has 0 aliphatic carbocycles. The highest BCUT2D eigenvalue weighted by molar-refractivity contribution is 5.69. The maximum absolute atomic E-state index is 12.4. The standard InChI is InChI=1S/C14H23N3O3/c1-9-12(10(2)16-15-9)11-8-19-7-6-17(11)13(18)20-14(3,4)5/h11H,6-8H2,1-5H3,(H,15,16)/t11-/m1/s1. The molecule has 0 spiro atoms. The number of rotatable bonds is 1. The average molecular weight is 281 g/mol. The summed E-state index contributed by atoms with van der Waals surface area (Å²) in [5.41, 5.74) is 2.38. The average Bonchev–Trinajstić information content (AvgIpc) is 2.67. The summed E-state index contributed by atoms with van der Waals surface area (Å²) in [7, 11) is 0. The first-order valence-corrected chi connectivity index (χ1v) is 6.88. The molecular formula is C14H23N3O3. The van der Waals surface area contributed by atoms with E-state index >= 15 is 0 Å². The Hall–Kier alpha value is -1.56. The maximum atomic E-state index is 12.4. The minimum absolute atomic E-state index is 0.141. The van der Waals surface area contributed by atoms with Crippen LogP contribution in [0.5, 0.6) is 0 Å². The zero-order chi connectivity index (χ0) is 14.9. The summed E-state index contributed by atoms with van der Waals surface area (Å²) in [4.78, 5) is 14.1. The molecule has 0 bridgehead atoms. The van der Waals surface area contributed by atoms with E-state index in [1.807, 2.05) is 34.6 Å². The van der Waals surface area contributed by atoms with Gasteiger partial charge in [0.05, 0.1) is 24.9 Å². The van der Waals surface area contributed by atoms with E-state index in [0.717, 1.165) is 17.0 Å². The molecule has 0 aromatic carbocycles. The van der Waals surface area contributed by atoms with Gasteiger partial charge in [-0.05, 0) is 34.6 Å². The van der Waals surface area contributed by atoms with Gasteiger partial charge in [0, 0.05) is 17.8 Å². The molecule has 1 amide bonds. The Balaban J connectivity index is 2.24. The van der Waals surface area contributed by atoms with Gasteiger partial charge in [0.15, 0.2) is 0 Å². The number of nitrogens with one attached hydrogen (secondary N) is 1. The van der Waals surface area contributed by atoms with Gasteiger partial charge in [0.1, 0.15) is 5.60 Å². The van der Waals surface area contributed by atoms with Crippen molar-refractivity contribution in [3.8, 4) is 0 Å². The number of aromatic amines is 1. The number of carbonyl (C=O) groups is 1. The van der Waals surface area contributed by atoms with Crippen molar-refractivity contribution in [1.82, 2.24) is 15.1 Å². The van der Waals surface area contributed by atoms with Crippen molar-refractivity contribution >= 4 is 6.09 Å². The fraction of sp³-hybridized carbons (Fsp3) is 0.714. The second-order valence-electron chi connectivity index (χ2n) is 6.11. The summed E-state index contributed by atoms with van der Waals surface area (Å²) in [6.45, 7) is 11.0.